The number of hydrogen-bond donors (Lipinski definition) is 0. The van der Waals surface area contributed by atoms with Gasteiger partial charge in [-0.1, -0.05) is 103 Å². The lowest BCUT2D eigenvalue weighted by molar-refractivity contribution is 0.669. The van der Waals surface area contributed by atoms with Crippen LogP contribution in [-0.4, -0.2) is 13.7 Å². The minimum absolute atomic E-state index is 0.876. The van der Waals surface area contributed by atoms with Gasteiger partial charge in [0.15, 0.2) is 0 Å². The lowest BCUT2D eigenvalue weighted by atomic mass is 10.1. The molecule has 0 aliphatic rings. The van der Waals surface area contributed by atoms with Gasteiger partial charge in [0, 0.05) is 54.5 Å². The standard InChI is InChI=1S/C48H29N3O/c1-6-18-40-32(12-1)33-13-2-7-19-41(33)49(40)30-24-26-46-38(28-30)39-29-31(25-27-47(39)52-46)50-42-20-8-5-16-36(42)37-17-11-23-45(48(37)50)51-43-21-9-3-14-34(43)35-15-4-10-22-44(35)51/h1-29H. The molecular weight excluding hydrogens is 635 g/mol. The van der Waals surface area contributed by atoms with Gasteiger partial charge in [0.1, 0.15) is 11.2 Å². The molecule has 4 nitrogen and oxygen atoms in total. The second kappa shape index (κ2) is 10.3. The van der Waals surface area contributed by atoms with Gasteiger partial charge in [-0.15, -0.1) is 0 Å². The maximum absolute atomic E-state index is 6.50. The summed E-state index contributed by atoms with van der Waals surface area (Å²) in [5.41, 5.74) is 12.2. The SMILES string of the molecule is c1ccc2c(c1)c1ccccc1n2-c1ccc2oc3ccc(-n4c5ccccc5c5cccc(-n6c7ccccc7c7ccccc76)c54)cc3c2c1. The molecule has 0 saturated carbocycles. The molecule has 0 bridgehead atoms. The van der Waals surface area contributed by atoms with E-state index >= 15 is 0 Å². The molecule has 12 rings (SSSR count). The third-order valence-electron chi connectivity index (χ3n) is 11.0. The molecule has 0 radical (unpaired) electrons. The van der Waals surface area contributed by atoms with Crippen molar-refractivity contribution in [3.8, 4) is 17.1 Å². The van der Waals surface area contributed by atoms with Gasteiger partial charge in [0.05, 0.1) is 38.8 Å². The van der Waals surface area contributed by atoms with Crippen LogP contribution in [0.15, 0.2) is 180 Å². The highest BCUT2D eigenvalue weighted by Gasteiger charge is 2.21. The van der Waals surface area contributed by atoms with E-state index in [2.05, 4.69) is 190 Å². The Kier molecular flexibility index (Phi) is 5.47. The van der Waals surface area contributed by atoms with E-state index in [0.29, 0.717) is 0 Å². The highest BCUT2D eigenvalue weighted by Crippen LogP contribution is 2.41. The third kappa shape index (κ3) is 3.65. The van der Waals surface area contributed by atoms with Crippen molar-refractivity contribution in [1.29, 1.82) is 0 Å². The van der Waals surface area contributed by atoms with E-state index < -0.39 is 0 Å². The summed E-state index contributed by atoms with van der Waals surface area (Å²) < 4.78 is 13.8. The van der Waals surface area contributed by atoms with Crippen molar-refractivity contribution < 1.29 is 4.42 Å². The van der Waals surface area contributed by atoms with Crippen molar-refractivity contribution in [2.24, 2.45) is 0 Å². The monoisotopic (exact) mass is 663 g/mol. The zero-order valence-corrected chi connectivity index (χ0v) is 28.0. The average molecular weight is 664 g/mol. The second-order valence-electron chi connectivity index (χ2n) is 13.7. The number of nitrogens with zero attached hydrogens (tertiary/aromatic N) is 3. The van der Waals surface area contributed by atoms with Crippen LogP contribution in [0.5, 0.6) is 0 Å². The van der Waals surface area contributed by atoms with E-state index in [9.17, 15) is 0 Å². The Morgan fingerprint density at radius 1 is 0.288 bits per heavy atom. The van der Waals surface area contributed by atoms with E-state index in [-0.39, 0.29) is 0 Å². The van der Waals surface area contributed by atoms with Crippen molar-refractivity contribution in [1.82, 2.24) is 13.7 Å². The molecule has 0 saturated heterocycles. The van der Waals surface area contributed by atoms with Gasteiger partial charge < -0.3 is 18.1 Å². The Hall–Kier alpha value is -7.04. The van der Waals surface area contributed by atoms with Gasteiger partial charge in [-0.3, -0.25) is 0 Å². The Morgan fingerprint density at radius 2 is 0.673 bits per heavy atom. The van der Waals surface area contributed by atoms with Gasteiger partial charge in [-0.2, -0.15) is 0 Å². The molecule has 0 aliphatic heterocycles. The molecule has 0 unspecified atom stereocenters. The molecule has 0 amide bonds. The van der Waals surface area contributed by atoms with Crippen LogP contribution in [-0.2, 0) is 0 Å². The smallest absolute Gasteiger partial charge is 0.135 e. The number of hydrogen-bond acceptors (Lipinski definition) is 1. The number of benzene rings is 8. The molecule has 4 heterocycles. The van der Waals surface area contributed by atoms with Crippen LogP contribution in [0.3, 0.4) is 0 Å². The average Bonchev–Trinajstić information content (AvgIpc) is 3.94. The van der Waals surface area contributed by atoms with Gasteiger partial charge in [-0.25, -0.2) is 0 Å². The molecule has 0 fully saturated rings. The fraction of sp³-hybridized carbons (Fsp3) is 0. The molecule has 4 aromatic heterocycles. The van der Waals surface area contributed by atoms with Crippen molar-refractivity contribution >= 4 is 87.4 Å². The lowest BCUT2D eigenvalue weighted by Gasteiger charge is -2.14. The first-order valence-electron chi connectivity index (χ1n) is 17.8. The van der Waals surface area contributed by atoms with Gasteiger partial charge in [-0.05, 0) is 72.8 Å². The first-order chi connectivity index (χ1) is 25.8. The quantitative estimate of drug-likeness (QED) is 0.185. The van der Waals surface area contributed by atoms with Gasteiger partial charge >= 0.3 is 0 Å². The normalized spacial score (nSPS) is 12.2. The van der Waals surface area contributed by atoms with E-state index in [1.807, 2.05) is 0 Å². The summed E-state index contributed by atoms with van der Waals surface area (Å²) in [6.45, 7) is 0. The first kappa shape index (κ1) is 27.7. The van der Waals surface area contributed by atoms with Gasteiger partial charge in [0.2, 0.25) is 0 Å². The zero-order valence-electron chi connectivity index (χ0n) is 28.0. The summed E-state index contributed by atoms with van der Waals surface area (Å²) >= 11 is 0. The van der Waals surface area contributed by atoms with Gasteiger partial charge in [0.25, 0.3) is 0 Å². The number of rotatable bonds is 3. The fourth-order valence-electron chi connectivity index (χ4n) is 8.86. The summed E-state index contributed by atoms with van der Waals surface area (Å²) in [7, 11) is 0. The molecule has 0 spiro atoms. The summed E-state index contributed by atoms with van der Waals surface area (Å²) in [4.78, 5) is 0. The van der Waals surface area contributed by atoms with Crippen molar-refractivity contribution in [3.63, 3.8) is 0 Å². The topological polar surface area (TPSA) is 27.9 Å². The molecular formula is C48H29N3O. The van der Waals surface area contributed by atoms with E-state index in [4.69, 9.17) is 4.42 Å². The summed E-state index contributed by atoms with van der Waals surface area (Å²) in [5, 5.41) is 9.65. The van der Waals surface area contributed by atoms with Crippen LogP contribution >= 0.6 is 0 Å². The maximum atomic E-state index is 6.50. The molecule has 0 N–H and O–H groups in total. The van der Waals surface area contributed by atoms with E-state index in [0.717, 1.165) is 39.0 Å². The van der Waals surface area contributed by atoms with Crippen molar-refractivity contribution in [2.45, 2.75) is 0 Å². The molecule has 12 aromatic rings. The fourth-order valence-corrected chi connectivity index (χ4v) is 8.86. The molecule has 242 valence electrons. The van der Waals surface area contributed by atoms with Crippen LogP contribution in [0.1, 0.15) is 0 Å². The molecule has 52 heavy (non-hydrogen) atoms. The predicted octanol–water partition coefficient (Wildman–Crippen LogP) is 12.9. The number of fused-ring (bicyclic) bond motifs is 12. The van der Waals surface area contributed by atoms with Crippen LogP contribution in [0.4, 0.5) is 0 Å². The van der Waals surface area contributed by atoms with Crippen molar-refractivity contribution in [2.75, 3.05) is 0 Å². The first-order valence-corrected chi connectivity index (χ1v) is 17.8. The minimum atomic E-state index is 0.876. The van der Waals surface area contributed by atoms with Crippen LogP contribution in [0.2, 0.25) is 0 Å². The molecule has 0 aliphatic carbocycles. The number of para-hydroxylation sites is 6. The lowest BCUT2D eigenvalue weighted by Crippen LogP contribution is -2.00. The summed E-state index contributed by atoms with van der Waals surface area (Å²) in [5.74, 6) is 0. The van der Waals surface area contributed by atoms with E-state index in [1.165, 1.54) is 65.4 Å². The predicted molar refractivity (Wildman–Crippen MR) is 217 cm³/mol. The van der Waals surface area contributed by atoms with E-state index in [1.54, 1.807) is 0 Å². The summed E-state index contributed by atoms with van der Waals surface area (Å²) in [6.07, 6.45) is 0. The third-order valence-corrected chi connectivity index (χ3v) is 11.0. The number of aromatic nitrogens is 3. The maximum Gasteiger partial charge on any atom is 0.135 e. The molecule has 0 atom stereocenters. The highest BCUT2D eigenvalue weighted by atomic mass is 16.3. The second-order valence-corrected chi connectivity index (χ2v) is 13.7. The largest absolute Gasteiger partial charge is 0.456 e. The number of furan rings is 1. The van der Waals surface area contributed by atoms with Crippen LogP contribution in [0.25, 0.3) is 104 Å². The molecule has 8 aromatic carbocycles. The Bertz CT molecular complexity index is 3320. The Labute approximate surface area is 297 Å². The summed E-state index contributed by atoms with van der Waals surface area (Å²) in [6, 6.07) is 63.5. The van der Waals surface area contributed by atoms with Crippen molar-refractivity contribution in [3.05, 3.63) is 176 Å². The zero-order chi connectivity index (χ0) is 33.9. The Balaban J connectivity index is 1.15. The minimum Gasteiger partial charge on any atom is -0.456 e. The van der Waals surface area contributed by atoms with Crippen LogP contribution < -0.4 is 0 Å². The highest BCUT2D eigenvalue weighted by molar-refractivity contribution is 6.16. The molecule has 4 heteroatoms. The van der Waals surface area contributed by atoms with Crippen LogP contribution in [0, 0.1) is 0 Å². The Morgan fingerprint density at radius 3 is 1.17 bits per heavy atom.